The molecule has 5 rings (SSSR count). The molecule has 2 amide bonds. The summed E-state index contributed by atoms with van der Waals surface area (Å²) in [5, 5.41) is 49.4. The van der Waals surface area contributed by atoms with Crippen LogP contribution in [0.3, 0.4) is 0 Å². The number of aromatic nitrogens is 1. The summed E-state index contributed by atoms with van der Waals surface area (Å²) < 4.78 is 42.3. The monoisotopic (exact) mass is 688 g/mol. The molecule has 268 valence electrons. The van der Waals surface area contributed by atoms with E-state index in [1.807, 2.05) is 0 Å². The zero-order valence-electron chi connectivity index (χ0n) is 28.2. The van der Waals surface area contributed by atoms with E-state index in [0.717, 1.165) is 0 Å². The number of nitrogens with one attached hydrogen (secondary N) is 2. The molecular weight excluding hydrogens is 642 g/mol. The number of β-amino-alcohol motifs (C(OH)–C–C–N with tert-alkyl or cyclic N) is 1. The average molecular weight is 689 g/mol. The fourth-order valence-electron chi connectivity index (χ4n) is 6.86. The zero-order chi connectivity index (χ0) is 35.7. The summed E-state index contributed by atoms with van der Waals surface area (Å²) in [6.45, 7) is 4.99. The molecule has 14 heteroatoms. The van der Waals surface area contributed by atoms with Crippen LogP contribution < -0.4 is 10.6 Å². The summed E-state index contributed by atoms with van der Waals surface area (Å²) in [4.78, 5) is 28.6. The first kappa shape index (κ1) is 36.8. The third kappa shape index (κ3) is 7.50. The van der Waals surface area contributed by atoms with Gasteiger partial charge in [0.1, 0.15) is 36.0 Å². The predicted octanol–water partition coefficient (Wildman–Crippen LogP) is 1.61. The largest absolute Gasteiger partial charge is 0.391 e. The fourth-order valence-corrected chi connectivity index (χ4v) is 6.86. The number of aliphatic hydroxyl groups excluding tert-OH is 4. The number of likely N-dealkylation sites (N-methyl/N-ethyl adjacent to an activating group) is 1. The predicted molar refractivity (Wildman–Crippen MR) is 176 cm³/mol. The Morgan fingerprint density at radius 3 is 2.35 bits per heavy atom. The van der Waals surface area contributed by atoms with Gasteiger partial charge in [0.15, 0.2) is 6.23 Å². The van der Waals surface area contributed by atoms with Crippen LogP contribution in [0.15, 0.2) is 42.5 Å². The molecule has 2 aliphatic rings. The number of hydrogen-bond acceptors (Lipinski definition) is 9. The van der Waals surface area contributed by atoms with Crippen LogP contribution in [-0.2, 0) is 25.5 Å². The van der Waals surface area contributed by atoms with Crippen molar-refractivity contribution in [1.29, 1.82) is 0 Å². The second kappa shape index (κ2) is 15.2. The Hall–Kier alpha value is -3.50. The van der Waals surface area contributed by atoms with Crippen LogP contribution in [0.25, 0.3) is 22.2 Å². The summed E-state index contributed by atoms with van der Waals surface area (Å²) in [6.07, 6.45) is -7.50. The molecule has 2 saturated heterocycles. The normalized spacial score (nSPS) is 27.7. The van der Waals surface area contributed by atoms with E-state index in [-0.39, 0.29) is 37.8 Å². The molecule has 0 saturated carbocycles. The molecule has 0 bridgehead atoms. The van der Waals surface area contributed by atoms with E-state index in [1.54, 1.807) is 32.4 Å². The lowest BCUT2D eigenvalue weighted by Gasteiger charge is -2.40. The molecule has 10 atom stereocenters. The summed E-state index contributed by atoms with van der Waals surface area (Å²) in [5.74, 6) is -1.86. The molecular formula is C35H46F2N4O8. The van der Waals surface area contributed by atoms with Gasteiger partial charge in [-0.2, -0.15) is 0 Å². The lowest BCUT2D eigenvalue weighted by molar-refractivity contribution is -0.238. The van der Waals surface area contributed by atoms with Gasteiger partial charge in [-0.3, -0.25) is 9.59 Å². The average Bonchev–Trinajstić information content (AvgIpc) is 3.60. The van der Waals surface area contributed by atoms with Gasteiger partial charge >= 0.3 is 0 Å². The number of carbonyl (C=O) groups is 2. The van der Waals surface area contributed by atoms with Crippen molar-refractivity contribution in [2.75, 3.05) is 20.7 Å². The van der Waals surface area contributed by atoms with Crippen molar-refractivity contribution in [2.45, 2.75) is 101 Å². The van der Waals surface area contributed by atoms with E-state index >= 15 is 0 Å². The molecule has 3 heterocycles. The molecule has 49 heavy (non-hydrogen) atoms. The smallest absolute Gasteiger partial charge is 0.245 e. The first-order valence-electron chi connectivity index (χ1n) is 16.5. The summed E-state index contributed by atoms with van der Waals surface area (Å²) in [5.41, 5.74) is 1.84. The molecule has 6 N–H and O–H groups in total. The number of nitrogens with zero attached hydrogens (tertiary/aromatic N) is 2. The number of hydrogen-bond donors (Lipinski definition) is 6. The van der Waals surface area contributed by atoms with Crippen molar-refractivity contribution in [3.05, 3.63) is 59.7 Å². The highest BCUT2D eigenvalue weighted by Gasteiger charge is 2.45. The van der Waals surface area contributed by atoms with E-state index in [0.29, 0.717) is 27.7 Å². The minimum atomic E-state index is -1.60. The topological polar surface area (TPSA) is 166 Å². The number of ether oxygens (including phenoxy) is 2. The standard InChI is InChI=1S/C35H46F2N4O8/c1-17(48-5)12-27(39-33(46)18(2)38-4)34(47)40-16-24(42)14-23(40)15-26-25-13-22(37)10-11-28(25)41(29(26)20-6-8-21(36)9-7-20)35-32(45)31(44)30(43)19(3)49-35/h6-11,13,17-19,23-24,27,30-32,35,38,42-45H,12,14-16H2,1-5H3,(H,39,46)/t17-,18-,19-,23-,24-,27-,30+,31+,32-,35?/m0/s1. The maximum Gasteiger partial charge on any atom is 0.245 e. The summed E-state index contributed by atoms with van der Waals surface area (Å²) in [6, 6.07) is 7.46. The van der Waals surface area contributed by atoms with Gasteiger partial charge in [-0.25, -0.2) is 8.78 Å². The molecule has 0 radical (unpaired) electrons. The van der Waals surface area contributed by atoms with Crippen molar-refractivity contribution >= 4 is 22.7 Å². The molecule has 1 aromatic heterocycles. The van der Waals surface area contributed by atoms with Crippen molar-refractivity contribution in [2.24, 2.45) is 0 Å². The number of aliphatic hydroxyl groups is 4. The number of benzene rings is 2. The Morgan fingerprint density at radius 1 is 1.02 bits per heavy atom. The van der Waals surface area contributed by atoms with Crippen LogP contribution in [0, 0.1) is 11.6 Å². The Kier molecular flexibility index (Phi) is 11.4. The Balaban J connectivity index is 1.63. The van der Waals surface area contributed by atoms with Crippen LogP contribution in [0.2, 0.25) is 0 Å². The molecule has 2 aliphatic heterocycles. The molecule has 3 aromatic rings. The molecule has 0 aliphatic carbocycles. The van der Waals surface area contributed by atoms with E-state index in [1.165, 1.54) is 54.5 Å². The SMILES string of the molecule is CN[C@@H](C)C(=O)N[C@@H](C[C@H](C)OC)C(=O)N1C[C@@H](O)C[C@H]1Cc1c(-c2ccc(F)cc2)n(C2O[C@@H](C)[C@@H](O)[C@@H](O)[C@@H]2O)c2ccc(F)cc12. The van der Waals surface area contributed by atoms with Crippen molar-refractivity contribution in [1.82, 2.24) is 20.1 Å². The van der Waals surface area contributed by atoms with Crippen molar-refractivity contribution in [3.8, 4) is 11.3 Å². The number of carbonyl (C=O) groups excluding carboxylic acids is 2. The second-order valence-electron chi connectivity index (χ2n) is 13.2. The van der Waals surface area contributed by atoms with Crippen LogP contribution >= 0.6 is 0 Å². The Labute approximate surface area is 283 Å². The molecule has 2 fully saturated rings. The first-order valence-corrected chi connectivity index (χ1v) is 16.5. The summed E-state index contributed by atoms with van der Waals surface area (Å²) >= 11 is 0. The van der Waals surface area contributed by atoms with Gasteiger partial charge < -0.3 is 50.0 Å². The quantitative estimate of drug-likeness (QED) is 0.176. The van der Waals surface area contributed by atoms with Gasteiger partial charge in [-0.1, -0.05) is 0 Å². The lowest BCUT2D eigenvalue weighted by Crippen LogP contribution is -2.54. The molecule has 0 spiro atoms. The Bertz CT molecular complexity index is 1640. The highest BCUT2D eigenvalue weighted by atomic mass is 19.1. The van der Waals surface area contributed by atoms with Gasteiger partial charge in [0.2, 0.25) is 11.8 Å². The van der Waals surface area contributed by atoms with Gasteiger partial charge in [-0.05, 0) is 94.3 Å². The number of halogens is 2. The highest BCUT2D eigenvalue weighted by molar-refractivity contribution is 5.93. The Morgan fingerprint density at radius 2 is 1.69 bits per heavy atom. The van der Waals surface area contributed by atoms with Crippen LogP contribution in [0.5, 0.6) is 0 Å². The third-order valence-corrected chi connectivity index (χ3v) is 9.80. The highest BCUT2D eigenvalue weighted by Crippen LogP contribution is 2.42. The van der Waals surface area contributed by atoms with Crippen LogP contribution in [0.4, 0.5) is 8.78 Å². The van der Waals surface area contributed by atoms with E-state index in [4.69, 9.17) is 9.47 Å². The number of fused-ring (bicyclic) bond motifs is 1. The minimum absolute atomic E-state index is 0.0102. The fraction of sp³-hybridized carbons (Fsp3) is 0.543. The van der Waals surface area contributed by atoms with Gasteiger partial charge in [0.05, 0.1) is 35.6 Å². The van der Waals surface area contributed by atoms with Crippen molar-refractivity contribution < 1.29 is 48.3 Å². The van der Waals surface area contributed by atoms with Gasteiger partial charge in [0, 0.05) is 31.5 Å². The molecule has 12 nitrogen and oxygen atoms in total. The maximum absolute atomic E-state index is 15.0. The summed E-state index contributed by atoms with van der Waals surface area (Å²) in [7, 11) is 3.14. The number of amides is 2. The van der Waals surface area contributed by atoms with E-state index in [2.05, 4.69) is 10.6 Å². The molecule has 1 unspecified atom stereocenters. The minimum Gasteiger partial charge on any atom is -0.391 e. The van der Waals surface area contributed by atoms with Crippen LogP contribution in [-0.4, -0.2) is 117 Å². The van der Waals surface area contributed by atoms with E-state index in [9.17, 15) is 38.8 Å². The van der Waals surface area contributed by atoms with Gasteiger partial charge in [0.25, 0.3) is 0 Å². The number of rotatable bonds is 11. The second-order valence-corrected chi connectivity index (χ2v) is 13.2. The zero-order valence-corrected chi connectivity index (χ0v) is 28.2. The number of methoxy groups -OCH3 is 1. The lowest BCUT2D eigenvalue weighted by atomic mass is 9.96. The van der Waals surface area contributed by atoms with Crippen LogP contribution in [0.1, 0.15) is 45.4 Å². The van der Waals surface area contributed by atoms with Crippen molar-refractivity contribution in [3.63, 3.8) is 0 Å². The van der Waals surface area contributed by atoms with E-state index < -0.39 is 72.4 Å². The van der Waals surface area contributed by atoms with Gasteiger partial charge in [-0.15, -0.1) is 0 Å². The first-order chi connectivity index (χ1) is 23.2. The third-order valence-electron chi connectivity index (χ3n) is 9.80. The number of likely N-dealkylation sites (tertiary alicyclic amines) is 1. The maximum atomic E-state index is 15.0. The molecule has 2 aromatic carbocycles.